The molecule has 0 bridgehead atoms. The molecule has 0 saturated carbocycles. The molecule has 0 aliphatic rings. The van der Waals surface area contributed by atoms with E-state index in [1.54, 1.807) is 0 Å². The molecule has 0 unspecified atom stereocenters. The molecule has 0 aliphatic heterocycles. The zero-order chi connectivity index (χ0) is 10.1. The molecule has 6 heteroatoms. The highest BCUT2D eigenvalue weighted by Gasteiger charge is 2.07. The average molecular weight is 191 g/mol. The van der Waals surface area contributed by atoms with Gasteiger partial charge in [0.15, 0.2) is 11.9 Å². The summed E-state index contributed by atoms with van der Waals surface area (Å²) >= 11 is 0. The molecule has 0 saturated heterocycles. The minimum atomic E-state index is 0. The monoisotopic (exact) mass is 191 g/mol. The van der Waals surface area contributed by atoms with Crippen LogP contribution in [0.2, 0.25) is 0 Å². The van der Waals surface area contributed by atoms with E-state index in [1.165, 1.54) is 17.0 Å². The normalized spacial score (nSPS) is 10.3. The average Bonchev–Trinajstić information content (AvgIpc) is 2.61. The highest BCUT2D eigenvalue weighted by molar-refractivity contribution is 5.95. The summed E-state index contributed by atoms with van der Waals surface area (Å²) in [7, 11) is 0. The molecule has 0 fully saturated rings. The summed E-state index contributed by atoms with van der Waals surface area (Å²) in [4.78, 5) is 17.4. The van der Waals surface area contributed by atoms with Crippen molar-refractivity contribution in [3.05, 3.63) is 23.4 Å². The molecular formula is C8H9N5O. The molecule has 3 N–H and O–H groups in total. The minimum absolute atomic E-state index is 0. The summed E-state index contributed by atoms with van der Waals surface area (Å²) in [5.41, 5.74) is 1.41. The van der Waals surface area contributed by atoms with Gasteiger partial charge in [-0.1, -0.05) is 0 Å². The number of aromatic amines is 1. The first-order chi connectivity index (χ1) is 6.77. The number of nitrogens with zero attached hydrogens (tertiary/aromatic N) is 2. The first kappa shape index (κ1) is 8.36. The van der Waals surface area contributed by atoms with Gasteiger partial charge in [-0.15, -0.1) is 0 Å². The third-order valence-electron chi connectivity index (χ3n) is 1.93. The number of nitrogens with one attached hydrogen (secondary N) is 3. The standard InChI is InChI=1S/C8H7N5O.H2/c9-4-13-6(10)2-12-8-7(13)5(3-14)1-11-8;/h1-4,9-11H;1H. The first-order valence-corrected chi connectivity index (χ1v) is 3.87. The summed E-state index contributed by atoms with van der Waals surface area (Å²) in [6.07, 6.45) is 4.47. The lowest BCUT2D eigenvalue weighted by atomic mass is 10.3. The van der Waals surface area contributed by atoms with Crippen LogP contribution in [0, 0.1) is 10.8 Å². The van der Waals surface area contributed by atoms with E-state index < -0.39 is 0 Å². The number of aromatic nitrogens is 3. The van der Waals surface area contributed by atoms with Crippen LogP contribution in [0.3, 0.4) is 0 Å². The van der Waals surface area contributed by atoms with Crippen LogP contribution in [0.1, 0.15) is 11.8 Å². The maximum atomic E-state index is 10.7. The van der Waals surface area contributed by atoms with Crippen LogP contribution >= 0.6 is 0 Å². The number of carbonyl (C=O) groups excluding carboxylic acids is 1. The maximum absolute atomic E-state index is 10.7. The van der Waals surface area contributed by atoms with E-state index in [2.05, 4.69) is 9.97 Å². The van der Waals surface area contributed by atoms with E-state index >= 15 is 0 Å². The van der Waals surface area contributed by atoms with Gasteiger partial charge in [0.25, 0.3) is 0 Å². The highest BCUT2D eigenvalue weighted by Crippen LogP contribution is 2.10. The molecule has 0 spiro atoms. The summed E-state index contributed by atoms with van der Waals surface area (Å²) < 4.78 is 1.28. The van der Waals surface area contributed by atoms with Crippen molar-refractivity contribution in [2.24, 2.45) is 0 Å². The summed E-state index contributed by atoms with van der Waals surface area (Å²) in [6, 6.07) is 0. The van der Waals surface area contributed by atoms with E-state index in [4.69, 9.17) is 10.8 Å². The quantitative estimate of drug-likeness (QED) is 0.362. The van der Waals surface area contributed by atoms with Crippen LogP contribution < -0.4 is 5.49 Å². The Kier molecular flexibility index (Phi) is 1.74. The van der Waals surface area contributed by atoms with Crippen LogP contribution in [0.5, 0.6) is 0 Å². The van der Waals surface area contributed by atoms with Crippen molar-refractivity contribution in [3.63, 3.8) is 0 Å². The van der Waals surface area contributed by atoms with Gasteiger partial charge in [-0.3, -0.25) is 20.2 Å². The Labute approximate surface area is 79.7 Å². The van der Waals surface area contributed by atoms with E-state index in [-0.39, 0.29) is 6.91 Å². The third-order valence-corrected chi connectivity index (χ3v) is 1.93. The van der Waals surface area contributed by atoms with Gasteiger partial charge in [-0.05, 0) is 0 Å². The summed E-state index contributed by atoms with van der Waals surface area (Å²) in [5.74, 6) is 0. The van der Waals surface area contributed by atoms with Crippen LogP contribution in [-0.2, 0) is 0 Å². The van der Waals surface area contributed by atoms with Gasteiger partial charge >= 0.3 is 0 Å². The molecule has 2 aromatic heterocycles. The molecule has 2 aromatic rings. The third kappa shape index (κ3) is 0.972. The van der Waals surface area contributed by atoms with Crippen LogP contribution in [0.4, 0.5) is 0 Å². The summed E-state index contributed by atoms with van der Waals surface area (Å²) in [5, 5.41) is 14.6. The number of hydrogen-bond donors (Lipinski definition) is 3. The molecule has 6 nitrogen and oxygen atoms in total. The van der Waals surface area contributed by atoms with Crippen LogP contribution in [0.15, 0.2) is 12.4 Å². The fraction of sp³-hybridized carbons (Fsp3) is 0. The van der Waals surface area contributed by atoms with Crippen molar-refractivity contribution in [2.45, 2.75) is 0 Å². The molecule has 0 aromatic carbocycles. The van der Waals surface area contributed by atoms with Crippen molar-refractivity contribution >= 4 is 23.8 Å². The van der Waals surface area contributed by atoms with E-state index in [1.807, 2.05) is 0 Å². The second-order valence-corrected chi connectivity index (χ2v) is 2.70. The van der Waals surface area contributed by atoms with E-state index in [9.17, 15) is 4.79 Å². The molecule has 0 atom stereocenters. The Balaban J connectivity index is 0.00000112. The predicted octanol–water partition coefficient (Wildman–Crippen LogP) is 0.358. The second-order valence-electron chi connectivity index (χ2n) is 2.70. The molecule has 14 heavy (non-hydrogen) atoms. The molecular weight excluding hydrogens is 182 g/mol. The Hall–Kier alpha value is -2.24. The number of fused-ring (bicyclic) bond motifs is 1. The number of hydrogen-bond acceptors (Lipinski definition) is 4. The fourth-order valence-electron chi connectivity index (χ4n) is 1.30. The molecule has 0 aliphatic carbocycles. The predicted molar refractivity (Wildman–Crippen MR) is 51.6 cm³/mol. The zero-order valence-corrected chi connectivity index (χ0v) is 7.11. The molecule has 0 amide bonds. The smallest absolute Gasteiger partial charge is 0.155 e. The maximum Gasteiger partial charge on any atom is 0.155 e. The lowest BCUT2D eigenvalue weighted by Gasteiger charge is -2.00. The largest absolute Gasteiger partial charge is 0.344 e. The zero-order valence-electron chi connectivity index (χ0n) is 7.11. The van der Waals surface area contributed by atoms with Crippen molar-refractivity contribution < 1.29 is 6.22 Å². The van der Waals surface area contributed by atoms with Crippen molar-refractivity contribution in [2.75, 3.05) is 0 Å². The van der Waals surface area contributed by atoms with Gasteiger partial charge in [0.1, 0.15) is 11.0 Å². The molecule has 0 radical (unpaired) electrons. The number of carbonyl (C=O) groups is 1. The Morgan fingerprint density at radius 1 is 1.64 bits per heavy atom. The van der Waals surface area contributed by atoms with Gasteiger partial charge in [0, 0.05) is 7.62 Å². The van der Waals surface area contributed by atoms with Crippen molar-refractivity contribution in [3.8, 4) is 0 Å². The second kappa shape index (κ2) is 2.91. The Bertz CT molecular complexity index is 570. The molecule has 2 rings (SSSR count). The van der Waals surface area contributed by atoms with Crippen LogP contribution in [-0.4, -0.2) is 27.2 Å². The molecule has 2 heterocycles. The van der Waals surface area contributed by atoms with Gasteiger partial charge in [-0.2, -0.15) is 0 Å². The van der Waals surface area contributed by atoms with Crippen molar-refractivity contribution in [1.29, 1.82) is 10.8 Å². The Morgan fingerprint density at radius 2 is 2.43 bits per heavy atom. The number of aldehydes is 1. The minimum Gasteiger partial charge on any atom is -0.344 e. The first-order valence-electron chi connectivity index (χ1n) is 3.87. The number of H-pyrrole nitrogens is 1. The van der Waals surface area contributed by atoms with Gasteiger partial charge in [0.05, 0.1) is 18.1 Å². The SMILES string of the molecule is N=Cn1c(=N)cnc2[nH]cc(C=O)c21.[HH]. The van der Waals surface area contributed by atoms with E-state index in [0.717, 1.165) is 6.34 Å². The highest BCUT2D eigenvalue weighted by atomic mass is 16.1. The van der Waals surface area contributed by atoms with Crippen molar-refractivity contribution in [1.82, 2.24) is 14.5 Å². The molecule has 72 valence electrons. The lowest BCUT2D eigenvalue weighted by molar-refractivity contribution is 0.112. The fourth-order valence-corrected chi connectivity index (χ4v) is 1.30. The summed E-state index contributed by atoms with van der Waals surface area (Å²) in [6.45, 7) is 0. The Morgan fingerprint density at radius 3 is 3.07 bits per heavy atom. The van der Waals surface area contributed by atoms with E-state index in [0.29, 0.717) is 23.0 Å². The van der Waals surface area contributed by atoms with Gasteiger partial charge in [0.2, 0.25) is 0 Å². The lowest BCUT2D eigenvalue weighted by Crippen LogP contribution is -2.19. The van der Waals surface area contributed by atoms with Crippen LogP contribution in [0.25, 0.3) is 11.2 Å². The number of rotatable bonds is 2. The topological polar surface area (TPSA) is 98.4 Å². The van der Waals surface area contributed by atoms with Gasteiger partial charge in [-0.25, -0.2) is 4.98 Å². The van der Waals surface area contributed by atoms with Gasteiger partial charge < -0.3 is 4.98 Å².